The summed E-state index contributed by atoms with van der Waals surface area (Å²) in [7, 11) is 0. The second kappa shape index (κ2) is 6.83. The monoisotopic (exact) mass is 394 g/mol. The summed E-state index contributed by atoms with van der Waals surface area (Å²) in [5.74, 6) is 0.488. The first kappa shape index (κ1) is 18.3. The standard InChI is InChI=1S/C21H19FN4OS/c1-21(2,3)17-12-19(26(25-17)18-9-4-5-10-23-18)24-20(27)16-11-13-14(22)7-6-8-15(13)28-16/h4-12H,1-3H3,(H,24,27). The van der Waals surface area contributed by atoms with Crippen LogP contribution in [0.1, 0.15) is 36.1 Å². The number of amides is 1. The zero-order valence-electron chi connectivity index (χ0n) is 15.7. The molecule has 0 aliphatic rings. The number of thiophene rings is 1. The third-order valence-electron chi connectivity index (χ3n) is 4.32. The fourth-order valence-corrected chi connectivity index (χ4v) is 3.78. The average molecular weight is 394 g/mol. The molecule has 5 nitrogen and oxygen atoms in total. The summed E-state index contributed by atoms with van der Waals surface area (Å²) in [4.78, 5) is 17.6. The minimum absolute atomic E-state index is 0.194. The number of aromatic nitrogens is 3. The Labute approximate surface area is 165 Å². The molecule has 142 valence electrons. The van der Waals surface area contributed by atoms with Gasteiger partial charge in [-0.25, -0.2) is 9.37 Å². The predicted molar refractivity (Wildman–Crippen MR) is 110 cm³/mol. The molecule has 7 heteroatoms. The molecule has 3 aromatic heterocycles. The van der Waals surface area contributed by atoms with E-state index in [1.54, 1.807) is 29.1 Å². The van der Waals surface area contributed by atoms with Crippen LogP contribution in [0, 0.1) is 5.82 Å². The fraction of sp³-hybridized carbons (Fsp3) is 0.190. The molecule has 0 bridgehead atoms. The number of benzene rings is 1. The van der Waals surface area contributed by atoms with Crippen molar-refractivity contribution in [1.29, 1.82) is 0 Å². The number of rotatable bonds is 3. The van der Waals surface area contributed by atoms with Crippen LogP contribution in [0.15, 0.2) is 54.7 Å². The normalized spacial score (nSPS) is 11.7. The second-order valence-corrected chi connectivity index (χ2v) is 8.56. The van der Waals surface area contributed by atoms with E-state index in [4.69, 9.17) is 0 Å². The summed E-state index contributed by atoms with van der Waals surface area (Å²) in [6.07, 6.45) is 1.67. The molecule has 0 aliphatic carbocycles. The van der Waals surface area contributed by atoms with E-state index < -0.39 is 0 Å². The van der Waals surface area contributed by atoms with Gasteiger partial charge in [-0.3, -0.25) is 4.79 Å². The Morgan fingerprint density at radius 2 is 1.96 bits per heavy atom. The van der Waals surface area contributed by atoms with E-state index >= 15 is 0 Å². The first-order valence-corrected chi connectivity index (χ1v) is 9.66. The Kier molecular flexibility index (Phi) is 4.47. The average Bonchev–Trinajstić information content (AvgIpc) is 3.27. The molecule has 0 atom stereocenters. The summed E-state index contributed by atoms with van der Waals surface area (Å²) in [6, 6.07) is 13.8. The van der Waals surface area contributed by atoms with Crippen molar-refractivity contribution in [2.75, 3.05) is 5.32 Å². The highest BCUT2D eigenvalue weighted by molar-refractivity contribution is 7.20. The summed E-state index contributed by atoms with van der Waals surface area (Å²) < 4.78 is 16.3. The van der Waals surface area contributed by atoms with Crippen molar-refractivity contribution >= 4 is 33.1 Å². The van der Waals surface area contributed by atoms with Crippen LogP contribution in [0.25, 0.3) is 15.9 Å². The van der Waals surface area contributed by atoms with Gasteiger partial charge in [-0.2, -0.15) is 9.78 Å². The van der Waals surface area contributed by atoms with Crippen LogP contribution in [0.4, 0.5) is 10.2 Å². The van der Waals surface area contributed by atoms with E-state index in [9.17, 15) is 9.18 Å². The largest absolute Gasteiger partial charge is 0.306 e. The molecular formula is C21H19FN4OS. The van der Waals surface area contributed by atoms with Crippen molar-refractivity contribution in [3.63, 3.8) is 0 Å². The molecule has 0 saturated carbocycles. The number of anilines is 1. The first-order chi connectivity index (χ1) is 13.3. The summed E-state index contributed by atoms with van der Waals surface area (Å²) in [6.45, 7) is 6.16. The Hall–Kier alpha value is -3.06. The maximum atomic E-state index is 14.0. The van der Waals surface area contributed by atoms with E-state index in [1.165, 1.54) is 17.4 Å². The van der Waals surface area contributed by atoms with Crippen LogP contribution in [-0.4, -0.2) is 20.7 Å². The van der Waals surface area contributed by atoms with Crippen molar-refractivity contribution in [1.82, 2.24) is 14.8 Å². The summed E-state index contributed by atoms with van der Waals surface area (Å²) in [5, 5.41) is 8.00. The molecular weight excluding hydrogens is 375 g/mol. The van der Waals surface area contributed by atoms with Crippen molar-refractivity contribution in [2.45, 2.75) is 26.2 Å². The molecule has 0 radical (unpaired) electrons. The van der Waals surface area contributed by atoms with Gasteiger partial charge < -0.3 is 5.32 Å². The van der Waals surface area contributed by atoms with Crippen LogP contribution in [0.5, 0.6) is 0 Å². The first-order valence-electron chi connectivity index (χ1n) is 8.84. The smallest absolute Gasteiger partial charge is 0.266 e. The Bertz CT molecular complexity index is 1160. The van der Waals surface area contributed by atoms with Crippen LogP contribution in [0.3, 0.4) is 0 Å². The maximum absolute atomic E-state index is 14.0. The minimum atomic E-state index is -0.332. The van der Waals surface area contributed by atoms with Crippen molar-refractivity contribution in [2.24, 2.45) is 0 Å². The van der Waals surface area contributed by atoms with Crippen molar-refractivity contribution < 1.29 is 9.18 Å². The molecule has 1 N–H and O–H groups in total. The minimum Gasteiger partial charge on any atom is -0.306 e. The third-order valence-corrected chi connectivity index (χ3v) is 5.42. The molecule has 0 aliphatic heterocycles. The molecule has 0 saturated heterocycles. The molecule has 4 aromatic rings. The van der Waals surface area contributed by atoms with Gasteiger partial charge in [0, 0.05) is 27.8 Å². The Morgan fingerprint density at radius 3 is 2.64 bits per heavy atom. The van der Waals surface area contributed by atoms with Gasteiger partial charge in [0.05, 0.1) is 10.6 Å². The van der Waals surface area contributed by atoms with E-state index in [-0.39, 0.29) is 17.1 Å². The zero-order chi connectivity index (χ0) is 19.9. The lowest BCUT2D eigenvalue weighted by Crippen LogP contribution is -2.14. The number of nitrogens with zero attached hydrogens (tertiary/aromatic N) is 3. The Balaban J connectivity index is 1.72. The Morgan fingerprint density at radius 1 is 1.14 bits per heavy atom. The highest BCUT2D eigenvalue weighted by Crippen LogP contribution is 2.30. The molecule has 1 aromatic carbocycles. The summed E-state index contributed by atoms with van der Waals surface area (Å²) >= 11 is 1.26. The lowest BCUT2D eigenvalue weighted by Gasteiger charge is -2.13. The number of pyridine rings is 1. The van der Waals surface area contributed by atoms with Gasteiger partial charge in [0.2, 0.25) is 0 Å². The highest BCUT2D eigenvalue weighted by atomic mass is 32.1. The molecule has 0 unspecified atom stereocenters. The highest BCUT2D eigenvalue weighted by Gasteiger charge is 2.22. The van der Waals surface area contributed by atoms with Gasteiger partial charge >= 0.3 is 0 Å². The van der Waals surface area contributed by atoms with Gasteiger partial charge in [-0.15, -0.1) is 11.3 Å². The number of carbonyl (C=O) groups is 1. The molecule has 28 heavy (non-hydrogen) atoms. The zero-order valence-corrected chi connectivity index (χ0v) is 16.5. The quantitative estimate of drug-likeness (QED) is 0.521. The predicted octanol–water partition coefficient (Wildman–Crippen LogP) is 5.17. The van der Waals surface area contributed by atoms with Gasteiger partial charge in [0.25, 0.3) is 5.91 Å². The molecule has 0 fully saturated rings. The van der Waals surface area contributed by atoms with Gasteiger partial charge in [0.1, 0.15) is 11.6 Å². The van der Waals surface area contributed by atoms with Gasteiger partial charge in [-0.1, -0.05) is 32.9 Å². The SMILES string of the molecule is CC(C)(C)c1cc(NC(=O)c2cc3c(F)cccc3s2)n(-c2ccccn2)n1. The topological polar surface area (TPSA) is 59.8 Å². The van der Waals surface area contributed by atoms with Crippen molar-refractivity contribution in [3.05, 3.63) is 71.1 Å². The third kappa shape index (κ3) is 3.41. The van der Waals surface area contributed by atoms with E-state index in [1.807, 2.05) is 24.3 Å². The summed E-state index contributed by atoms with van der Waals surface area (Å²) in [5.41, 5.74) is 0.635. The van der Waals surface area contributed by atoms with Crippen molar-refractivity contribution in [3.8, 4) is 5.82 Å². The number of hydrogen-bond acceptors (Lipinski definition) is 4. The van der Waals surface area contributed by atoms with Crippen LogP contribution < -0.4 is 5.32 Å². The lowest BCUT2D eigenvalue weighted by molar-refractivity contribution is 0.103. The van der Waals surface area contributed by atoms with Gasteiger partial charge in [-0.05, 0) is 30.3 Å². The lowest BCUT2D eigenvalue weighted by atomic mass is 9.92. The van der Waals surface area contributed by atoms with E-state index in [2.05, 4.69) is 36.2 Å². The molecule has 3 heterocycles. The number of fused-ring (bicyclic) bond motifs is 1. The van der Waals surface area contributed by atoms with Gasteiger partial charge in [0.15, 0.2) is 5.82 Å². The second-order valence-electron chi connectivity index (χ2n) is 7.48. The maximum Gasteiger partial charge on any atom is 0.266 e. The number of hydrogen-bond donors (Lipinski definition) is 1. The number of halogens is 1. The van der Waals surface area contributed by atoms with Crippen LogP contribution >= 0.6 is 11.3 Å². The van der Waals surface area contributed by atoms with E-state index in [0.717, 1.165) is 10.4 Å². The fourth-order valence-electron chi connectivity index (χ4n) is 2.81. The van der Waals surface area contributed by atoms with Crippen LogP contribution in [-0.2, 0) is 5.41 Å². The van der Waals surface area contributed by atoms with E-state index in [0.29, 0.717) is 21.9 Å². The molecule has 4 rings (SSSR count). The molecule has 0 spiro atoms. The number of nitrogens with one attached hydrogen (secondary N) is 1. The van der Waals surface area contributed by atoms with Crippen LogP contribution in [0.2, 0.25) is 0 Å². The number of carbonyl (C=O) groups excluding carboxylic acids is 1. The molecule has 1 amide bonds.